The molecule has 21 heavy (non-hydrogen) atoms. The summed E-state index contributed by atoms with van der Waals surface area (Å²) in [4.78, 5) is 10.3. The largest absolute Gasteiger partial charge is 0.346 e. The lowest BCUT2D eigenvalue weighted by molar-refractivity contribution is 0.218. The summed E-state index contributed by atoms with van der Waals surface area (Å²) in [7, 11) is 0. The first-order chi connectivity index (χ1) is 10.4. The first-order valence-corrected chi connectivity index (χ1v) is 8.23. The van der Waals surface area contributed by atoms with E-state index in [2.05, 4.69) is 39.4 Å². The summed E-state index contributed by atoms with van der Waals surface area (Å²) >= 11 is 0. The molecule has 0 spiro atoms. The average Bonchev–Trinajstić information content (AvgIpc) is 2.92. The van der Waals surface area contributed by atoms with Gasteiger partial charge in [-0.05, 0) is 50.0 Å². The predicted molar refractivity (Wildman–Crippen MR) is 87.3 cm³/mol. The van der Waals surface area contributed by atoms with Gasteiger partial charge in [0.25, 0.3) is 0 Å². The number of pyridine rings is 1. The molecule has 0 bridgehead atoms. The molecule has 1 atom stereocenters. The first-order valence-electron chi connectivity index (χ1n) is 8.23. The molecule has 114 valence electrons. The molecule has 2 N–H and O–H groups in total. The van der Waals surface area contributed by atoms with Crippen LogP contribution >= 0.6 is 0 Å². The molecule has 0 radical (unpaired) electrons. The van der Waals surface area contributed by atoms with Gasteiger partial charge in [0.2, 0.25) is 0 Å². The van der Waals surface area contributed by atoms with Gasteiger partial charge in [-0.2, -0.15) is 0 Å². The van der Waals surface area contributed by atoms with Crippen molar-refractivity contribution in [1.29, 1.82) is 0 Å². The maximum atomic E-state index is 4.38. The Balaban J connectivity index is 1.69. The van der Waals surface area contributed by atoms with E-state index in [1.807, 2.05) is 12.3 Å². The lowest BCUT2D eigenvalue weighted by Gasteiger charge is -2.30. The van der Waals surface area contributed by atoms with Gasteiger partial charge in [-0.3, -0.25) is 4.90 Å². The van der Waals surface area contributed by atoms with Crippen molar-refractivity contribution in [3.05, 3.63) is 30.1 Å². The van der Waals surface area contributed by atoms with Gasteiger partial charge < -0.3 is 10.3 Å². The molecule has 0 saturated carbocycles. The Labute approximate surface area is 126 Å². The van der Waals surface area contributed by atoms with Crippen molar-refractivity contribution in [2.45, 2.75) is 45.2 Å². The maximum absolute atomic E-state index is 4.38. The van der Waals surface area contributed by atoms with Gasteiger partial charge in [0, 0.05) is 36.9 Å². The van der Waals surface area contributed by atoms with Crippen LogP contribution in [0.1, 0.15) is 38.2 Å². The summed E-state index contributed by atoms with van der Waals surface area (Å²) in [5, 5.41) is 4.92. The molecule has 4 nitrogen and oxygen atoms in total. The molecule has 3 rings (SSSR count). The van der Waals surface area contributed by atoms with Crippen molar-refractivity contribution < 1.29 is 0 Å². The Bertz CT molecular complexity index is 557. The third-order valence-electron chi connectivity index (χ3n) is 4.36. The highest BCUT2D eigenvalue weighted by molar-refractivity contribution is 5.79. The van der Waals surface area contributed by atoms with Crippen LogP contribution in [0.4, 0.5) is 0 Å². The number of H-pyrrole nitrogens is 1. The summed E-state index contributed by atoms with van der Waals surface area (Å²) in [6.45, 7) is 6.77. The fourth-order valence-corrected chi connectivity index (χ4v) is 3.33. The molecule has 1 fully saturated rings. The van der Waals surface area contributed by atoms with E-state index in [-0.39, 0.29) is 0 Å². The predicted octanol–water partition coefficient (Wildman–Crippen LogP) is 2.92. The second kappa shape index (κ2) is 7.05. The average molecular weight is 286 g/mol. The summed E-state index contributed by atoms with van der Waals surface area (Å²) in [5.74, 6) is 0. The van der Waals surface area contributed by atoms with Crippen molar-refractivity contribution in [2.75, 3.05) is 19.6 Å². The fraction of sp³-hybridized carbons (Fsp3) is 0.588. The van der Waals surface area contributed by atoms with E-state index in [4.69, 9.17) is 0 Å². The van der Waals surface area contributed by atoms with Gasteiger partial charge in [0.15, 0.2) is 0 Å². The normalized spacial score (nSPS) is 19.4. The smallest absolute Gasteiger partial charge is 0.137 e. The van der Waals surface area contributed by atoms with Crippen LogP contribution in [0.2, 0.25) is 0 Å². The van der Waals surface area contributed by atoms with Gasteiger partial charge in [-0.15, -0.1) is 0 Å². The van der Waals surface area contributed by atoms with Crippen LogP contribution in [-0.2, 0) is 6.54 Å². The summed E-state index contributed by atoms with van der Waals surface area (Å²) in [6, 6.07) is 4.84. The second-order valence-electron chi connectivity index (χ2n) is 6.10. The summed E-state index contributed by atoms with van der Waals surface area (Å²) in [6.07, 6.45) is 9.18. The van der Waals surface area contributed by atoms with E-state index in [9.17, 15) is 0 Å². The van der Waals surface area contributed by atoms with E-state index in [0.717, 1.165) is 25.3 Å². The standard InChI is InChI=1S/C17H26N4/c1-2-10-21(13-15-6-3-4-8-18-15)12-14-11-20-17-16(14)7-5-9-19-17/h5,7,9,11,15,18H,2-4,6,8,10,12-13H2,1H3,(H,19,20). The molecule has 0 aromatic carbocycles. The highest BCUT2D eigenvalue weighted by Crippen LogP contribution is 2.18. The topological polar surface area (TPSA) is 44.0 Å². The van der Waals surface area contributed by atoms with Crippen LogP contribution in [0, 0.1) is 0 Å². The number of nitrogens with zero attached hydrogens (tertiary/aromatic N) is 2. The van der Waals surface area contributed by atoms with Crippen LogP contribution in [0.25, 0.3) is 11.0 Å². The zero-order valence-electron chi connectivity index (χ0n) is 12.9. The van der Waals surface area contributed by atoms with E-state index in [1.165, 1.54) is 43.2 Å². The van der Waals surface area contributed by atoms with Crippen molar-refractivity contribution >= 4 is 11.0 Å². The summed E-state index contributed by atoms with van der Waals surface area (Å²) < 4.78 is 0. The van der Waals surface area contributed by atoms with E-state index >= 15 is 0 Å². The lowest BCUT2D eigenvalue weighted by Crippen LogP contribution is -2.43. The molecule has 0 amide bonds. The molecular weight excluding hydrogens is 260 g/mol. The number of aromatic nitrogens is 2. The monoisotopic (exact) mass is 286 g/mol. The zero-order valence-corrected chi connectivity index (χ0v) is 12.9. The molecular formula is C17H26N4. The molecule has 2 aromatic rings. The fourth-order valence-electron chi connectivity index (χ4n) is 3.33. The van der Waals surface area contributed by atoms with Crippen molar-refractivity contribution in [3.8, 4) is 0 Å². The number of fused-ring (bicyclic) bond motifs is 1. The highest BCUT2D eigenvalue weighted by atomic mass is 15.1. The number of hydrogen-bond acceptors (Lipinski definition) is 3. The molecule has 1 aliphatic rings. The van der Waals surface area contributed by atoms with Crippen LogP contribution in [0.3, 0.4) is 0 Å². The maximum Gasteiger partial charge on any atom is 0.137 e. The Morgan fingerprint density at radius 1 is 1.38 bits per heavy atom. The number of nitrogens with one attached hydrogen (secondary N) is 2. The number of rotatable bonds is 6. The SMILES string of the molecule is CCCN(Cc1c[nH]c2ncccc12)CC1CCCCN1. The molecule has 0 aliphatic carbocycles. The van der Waals surface area contributed by atoms with Crippen LogP contribution in [0.15, 0.2) is 24.5 Å². The molecule has 2 aromatic heterocycles. The van der Waals surface area contributed by atoms with Crippen LogP contribution in [0.5, 0.6) is 0 Å². The van der Waals surface area contributed by atoms with Gasteiger partial charge in [0.05, 0.1) is 0 Å². The second-order valence-corrected chi connectivity index (χ2v) is 6.10. The van der Waals surface area contributed by atoms with Gasteiger partial charge >= 0.3 is 0 Å². The third-order valence-corrected chi connectivity index (χ3v) is 4.36. The molecule has 4 heteroatoms. The minimum Gasteiger partial charge on any atom is -0.346 e. The Hall–Kier alpha value is -1.39. The van der Waals surface area contributed by atoms with E-state index < -0.39 is 0 Å². The lowest BCUT2D eigenvalue weighted by atomic mass is 10.0. The Morgan fingerprint density at radius 2 is 2.33 bits per heavy atom. The molecule has 3 heterocycles. The van der Waals surface area contributed by atoms with Gasteiger partial charge in [-0.25, -0.2) is 4.98 Å². The van der Waals surface area contributed by atoms with Gasteiger partial charge in [-0.1, -0.05) is 13.3 Å². The quantitative estimate of drug-likeness (QED) is 0.858. The minimum absolute atomic E-state index is 0.661. The molecule has 1 saturated heterocycles. The van der Waals surface area contributed by atoms with Crippen molar-refractivity contribution in [2.24, 2.45) is 0 Å². The van der Waals surface area contributed by atoms with Crippen molar-refractivity contribution in [3.63, 3.8) is 0 Å². The van der Waals surface area contributed by atoms with Crippen molar-refractivity contribution in [1.82, 2.24) is 20.2 Å². The zero-order chi connectivity index (χ0) is 14.5. The van der Waals surface area contributed by atoms with Crippen LogP contribution in [-0.4, -0.2) is 40.5 Å². The Morgan fingerprint density at radius 3 is 3.14 bits per heavy atom. The number of hydrogen-bond donors (Lipinski definition) is 2. The third kappa shape index (κ3) is 3.63. The first kappa shape index (κ1) is 14.5. The Kier molecular flexibility index (Phi) is 4.88. The van der Waals surface area contributed by atoms with E-state index in [1.54, 1.807) is 0 Å². The number of piperidine rings is 1. The summed E-state index contributed by atoms with van der Waals surface area (Å²) in [5.41, 5.74) is 2.36. The van der Waals surface area contributed by atoms with Gasteiger partial charge in [0.1, 0.15) is 5.65 Å². The molecule has 1 aliphatic heterocycles. The molecule has 1 unspecified atom stereocenters. The van der Waals surface area contributed by atoms with Crippen LogP contribution < -0.4 is 5.32 Å². The number of aromatic amines is 1. The highest BCUT2D eigenvalue weighted by Gasteiger charge is 2.17. The van der Waals surface area contributed by atoms with E-state index in [0.29, 0.717) is 6.04 Å². The minimum atomic E-state index is 0.661.